The summed E-state index contributed by atoms with van der Waals surface area (Å²) in [5.41, 5.74) is 0. The van der Waals surface area contributed by atoms with E-state index in [1.54, 1.807) is 0 Å². The second-order valence-corrected chi connectivity index (χ2v) is 0. The van der Waals surface area contributed by atoms with E-state index in [1.165, 1.54) is 0 Å². The summed E-state index contributed by atoms with van der Waals surface area (Å²) in [5, 5.41) is 0. The van der Waals surface area contributed by atoms with Crippen LogP contribution in [0.25, 0.3) is 0 Å². The summed E-state index contributed by atoms with van der Waals surface area (Å²) < 4.78 is 0. The summed E-state index contributed by atoms with van der Waals surface area (Å²) in [6, 6.07) is 0. The van der Waals surface area contributed by atoms with Gasteiger partial charge in [0.2, 0.25) is 0 Å². The Kier molecular flexibility index (Phi) is 101. The van der Waals surface area contributed by atoms with Crippen molar-refractivity contribution in [3.8, 4) is 0 Å². The molecule has 0 aliphatic heterocycles. The van der Waals surface area contributed by atoms with E-state index in [4.69, 9.17) is 0 Å². The van der Waals surface area contributed by atoms with E-state index in [0.29, 0.717) is 0 Å². The molecule has 4 heavy (non-hydrogen) atoms. The third-order valence-electron chi connectivity index (χ3n) is 0. The zero-order chi connectivity index (χ0) is 0. The van der Waals surface area contributed by atoms with E-state index in [0.717, 1.165) is 0 Å². The van der Waals surface area contributed by atoms with Crippen LogP contribution < -0.4 is 0 Å². The van der Waals surface area contributed by atoms with E-state index in [-0.39, 0.29) is 109 Å². The van der Waals surface area contributed by atoms with E-state index in [9.17, 15) is 0 Å². The normalized spacial score (nSPS) is 0. The Morgan fingerprint density at radius 3 is 1.00 bits per heavy atom. The van der Waals surface area contributed by atoms with Gasteiger partial charge in [-0.1, -0.05) is 0 Å². The summed E-state index contributed by atoms with van der Waals surface area (Å²) in [4.78, 5) is 0. The molecule has 0 nitrogen and oxygen atoms in total. The Labute approximate surface area is 107 Å². The maximum atomic E-state index is 0. The van der Waals surface area contributed by atoms with Crippen LogP contribution in [0, 0.1) is 0 Å². The molecule has 0 aromatic rings. The molecular weight excluding hydrogens is 429 g/mol. The first kappa shape index (κ1) is 25.4. The van der Waals surface area contributed by atoms with Gasteiger partial charge in [0.15, 0.2) is 0 Å². The van der Waals surface area contributed by atoms with Gasteiger partial charge in [-0.25, -0.2) is 0 Å². The molecule has 0 aliphatic carbocycles. The van der Waals surface area contributed by atoms with Crippen molar-refractivity contribution < 1.29 is 19.5 Å². The van der Waals surface area contributed by atoms with E-state index < -0.39 is 0 Å². The maximum Gasteiger partial charge on any atom is 0 e. The predicted molar refractivity (Wildman–Crippen MR) is 28.4 cm³/mol. The van der Waals surface area contributed by atoms with Gasteiger partial charge in [-0.05, 0) is 0 Å². The molecule has 0 heterocycles. The third-order valence-corrected chi connectivity index (χ3v) is 0. The van der Waals surface area contributed by atoms with Crippen LogP contribution >= 0.6 is 0 Å². The van der Waals surface area contributed by atoms with Crippen molar-refractivity contribution in [1.82, 2.24) is 0 Å². The number of rotatable bonds is 0. The van der Waals surface area contributed by atoms with Gasteiger partial charge >= 0.3 is 89.8 Å². The van der Waals surface area contributed by atoms with Gasteiger partial charge in [-0.3, -0.25) is 0 Å². The molecule has 0 aromatic carbocycles. The van der Waals surface area contributed by atoms with Crippen LogP contribution in [-0.2, 0) is 19.5 Å². The smallest absolute Gasteiger partial charge is 0 e. The van der Waals surface area contributed by atoms with Gasteiger partial charge in [0.1, 0.15) is 0 Å². The first-order valence-electron chi connectivity index (χ1n) is 0. The molecule has 0 atom stereocenters. The van der Waals surface area contributed by atoms with Crippen molar-refractivity contribution in [3.63, 3.8) is 0 Å². The molecule has 0 amide bonds. The Balaban J connectivity index is 0. The topological polar surface area (TPSA) is 0 Å². The molecule has 0 rings (SSSR count). The largest absolute Gasteiger partial charge is 0 e. The number of hydrogen-bond acceptors (Lipinski definition) is 0. The fourth-order valence-electron chi connectivity index (χ4n) is 0. The summed E-state index contributed by atoms with van der Waals surface area (Å²) in [6.07, 6.45) is 0. The minimum absolute atomic E-state index is 0. The summed E-state index contributed by atoms with van der Waals surface area (Å²) in [6.45, 7) is 0. The molecule has 0 unspecified atom stereocenters. The molecule has 0 bridgehead atoms. The van der Waals surface area contributed by atoms with Crippen LogP contribution in [0.15, 0.2) is 0 Å². The Hall–Kier alpha value is 3.64. The van der Waals surface area contributed by atoms with Gasteiger partial charge < -0.3 is 0 Å². The second-order valence-electron chi connectivity index (χ2n) is 0. The van der Waals surface area contributed by atoms with Gasteiger partial charge in [0, 0.05) is 19.5 Å². The molecular formula is H8BiCaInZn. The van der Waals surface area contributed by atoms with Crippen LogP contribution in [0.5, 0.6) is 0 Å². The van der Waals surface area contributed by atoms with Crippen LogP contribution in [0.1, 0.15) is 0 Å². The molecule has 0 fully saturated rings. The number of hydrogen-bond donors (Lipinski definition) is 0. The third kappa shape index (κ3) is 9.16. The van der Waals surface area contributed by atoms with E-state index in [1.807, 2.05) is 0 Å². The standard InChI is InChI=1S/Bi.Ca.In.Zn.8H. The monoisotopic (exact) mass is 436 g/mol. The summed E-state index contributed by atoms with van der Waals surface area (Å²) in [5.74, 6) is 0. The van der Waals surface area contributed by atoms with Crippen molar-refractivity contribution in [2.24, 2.45) is 0 Å². The van der Waals surface area contributed by atoms with Crippen molar-refractivity contribution >= 4 is 89.8 Å². The maximum absolute atomic E-state index is 0. The quantitative estimate of drug-likeness (QED) is 0.349. The van der Waals surface area contributed by atoms with Crippen molar-refractivity contribution in [2.75, 3.05) is 0 Å². The van der Waals surface area contributed by atoms with Gasteiger partial charge in [-0.2, -0.15) is 0 Å². The van der Waals surface area contributed by atoms with Crippen LogP contribution in [0.2, 0.25) is 0 Å². The summed E-state index contributed by atoms with van der Waals surface area (Å²) in [7, 11) is 0. The fraction of sp³-hybridized carbons (Fsp3) is 0. The van der Waals surface area contributed by atoms with E-state index >= 15 is 0 Å². The zero-order valence-corrected chi connectivity index (χ0v) is 9.88. The van der Waals surface area contributed by atoms with E-state index in [2.05, 4.69) is 0 Å². The van der Waals surface area contributed by atoms with Crippen LogP contribution in [-0.4, -0.2) is 89.8 Å². The Morgan fingerprint density at radius 1 is 1.00 bits per heavy atom. The summed E-state index contributed by atoms with van der Waals surface area (Å²) >= 11 is 0. The molecule has 0 spiro atoms. The Morgan fingerprint density at radius 2 is 1.00 bits per heavy atom. The fourth-order valence-corrected chi connectivity index (χ4v) is 0. The van der Waals surface area contributed by atoms with Crippen molar-refractivity contribution in [3.05, 3.63) is 0 Å². The van der Waals surface area contributed by atoms with Crippen molar-refractivity contribution in [2.45, 2.75) is 0 Å². The minimum Gasteiger partial charge on any atom is 0 e. The van der Waals surface area contributed by atoms with Gasteiger partial charge in [0.25, 0.3) is 0 Å². The molecule has 20 valence electrons. The average Bonchev–Trinajstić information content (AvgIpc) is 0. The second kappa shape index (κ2) is 15.9. The molecule has 0 saturated heterocycles. The Bertz CT molecular complexity index is 8.00. The predicted octanol–water partition coefficient (Wildman–Crippen LogP) is -3.29. The molecule has 0 N–H and O–H groups in total. The first-order chi connectivity index (χ1) is 0. The molecule has 4 heteroatoms. The molecule has 0 aromatic heterocycles. The minimum atomic E-state index is 0. The van der Waals surface area contributed by atoms with Crippen LogP contribution in [0.3, 0.4) is 0 Å². The zero-order valence-electron chi connectivity index (χ0n) is 1.41. The van der Waals surface area contributed by atoms with Crippen molar-refractivity contribution in [1.29, 1.82) is 0 Å². The van der Waals surface area contributed by atoms with Crippen LogP contribution in [0.4, 0.5) is 0 Å². The van der Waals surface area contributed by atoms with Gasteiger partial charge in [0.05, 0.1) is 0 Å². The molecule has 0 radical (unpaired) electrons. The SMILES string of the molecule is [BiH3].[CaH2].[InH3].[Zn]. The van der Waals surface area contributed by atoms with Gasteiger partial charge in [-0.15, -0.1) is 0 Å². The average molecular weight is 437 g/mol. The first-order valence-corrected chi connectivity index (χ1v) is 0. The molecule has 0 saturated carbocycles. The molecule has 0 aliphatic rings.